The lowest BCUT2D eigenvalue weighted by Gasteiger charge is -2.19. The van der Waals surface area contributed by atoms with Gasteiger partial charge in [-0.15, -0.1) is 0 Å². The van der Waals surface area contributed by atoms with Crippen molar-refractivity contribution in [1.29, 1.82) is 0 Å². The van der Waals surface area contributed by atoms with Crippen LogP contribution in [0.25, 0.3) is 107 Å². The van der Waals surface area contributed by atoms with Crippen LogP contribution in [0.15, 0.2) is 261 Å². The Hall–Kier alpha value is -9.52. The molecule has 1 aliphatic carbocycles. The molecular weight excluding hydrogens is 877 g/mol. The van der Waals surface area contributed by atoms with Crippen molar-refractivity contribution in [3.8, 4) is 101 Å². The Morgan fingerprint density at radius 2 is 0.611 bits per heavy atom. The molecule has 72 heavy (non-hydrogen) atoms. The van der Waals surface area contributed by atoms with Gasteiger partial charge in [-0.3, -0.25) is 0 Å². The van der Waals surface area contributed by atoms with Crippen LogP contribution < -0.4 is 0 Å². The van der Waals surface area contributed by atoms with Crippen molar-refractivity contribution < 1.29 is 0 Å². The van der Waals surface area contributed by atoms with Gasteiger partial charge >= 0.3 is 0 Å². The molecule has 2 heterocycles. The molecule has 1 atom stereocenters. The van der Waals surface area contributed by atoms with Crippen LogP contribution in [0.2, 0.25) is 0 Å². The summed E-state index contributed by atoms with van der Waals surface area (Å²) < 4.78 is 0. The molecule has 11 aromatic rings. The normalized spacial score (nSPS) is 13.1. The summed E-state index contributed by atoms with van der Waals surface area (Å²) in [4.78, 5) is 29.6. The van der Waals surface area contributed by atoms with Crippen LogP contribution in [0.3, 0.4) is 0 Å². The molecule has 0 saturated carbocycles. The minimum atomic E-state index is 0.199. The molecule has 2 aromatic heterocycles. The standard InChI is InChI=1S/C66H46N6/c1-5-19-47(20-6-1)61-67-62(48-21-7-2-8-22-48)70-65(69-61)51-39-35-45(36-40-51)53-27-17-29-55(43-53)57-31-13-15-33-59(57)60-34-16-14-32-58(60)56-30-18-28-54(44-56)46-37-41-52(42-38-46)66-71-63(49-23-9-3-10-24-49)68-64(72-66)50-25-11-4-12-26-50/h1-37,39-44,46H,38H2. The van der Waals surface area contributed by atoms with Gasteiger partial charge in [0.1, 0.15) is 0 Å². The van der Waals surface area contributed by atoms with Gasteiger partial charge in [0.05, 0.1) is 0 Å². The van der Waals surface area contributed by atoms with E-state index in [0.29, 0.717) is 34.9 Å². The summed E-state index contributed by atoms with van der Waals surface area (Å²) in [6, 6.07) is 84.3. The second-order valence-corrected chi connectivity index (χ2v) is 17.8. The molecule has 0 N–H and O–H groups in total. The summed E-state index contributed by atoms with van der Waals surface area (Å²) in [5.41, 5.74) is 16.3. The number of hydrogen-bond donors (Lipinski definition) is 0. The predicted molar refractivity (Wildman–Crippen MR) is 293 cm³/mol. The Labute approximate surface area is 419 Å². The zero-order valence-corrected chi connectivity index (χ0v) is 39.3. The first kappa shape index (κ1) is 43.7. The summed E-state index contributed by atoms with van der Waals surface area (Å²) in [5.74, 6) is 4.12. The van der Waals surface area contributed by atoms with Gasteiger partial charge in [-0.05, 0) is 62.6 Å². The Bertz CT molecular complexity index is 3640. The fourth-order valence-corrected chi connectivity index (χ4v) is 9.46. The molecule has 1 aliphatic rings. The lowest BCUT2D eigenvalue weighted by Crippen LogP contribution is -2.05. The minimum absolute atomic E-state index is 0.199. The van der Waals surface area contributed by atoms with E-state index >= 15 is 0 Å². The molecule has 0 aliphatic heterocycles. The zero-order valence-electron chi connectivity index (χ0n) is 39.3. The molecular formula is C66H46N6. The first-order valence-corrected chi connectivity index (χ1v) is 24.3. The topological polar surface area (TPSA) is 77.3 Å². The third kappa shape index (κ3) is 9.20. The van der Waals surface area contributed by atoms with E-state index < -0.39 is 0 Å². The second kappa shape index (κ2) is 19.8. The number of aromatic nitrogens is 6. The monoisotopic (exact) mass is 922 g/mol. The number of rotatable bonds is 11. The highest BCUT2D eigenvalue weighted by molar-refractivity contribution is 5.92. The van der Waals surface area contributed by atoms with Crippen LogP contribution >= 0.6 is 0 Å². The van der Waals surface area contributed by atoms with Crippen molar-refractivity contribution in [2.45, 2.75) is 12.3 Å². The van der Waals surface area contributed by atoms with Crippen LogP contribution in [-0.4, -0.2) is 29.9 Å². The van der Waals surface area contributed by atoms with Gasteiger partial charge in [0.15, 0.2) is 34.9 Å². The van der Waals surface area contributed by atoms with Crippen LogP contribution in [0.4, 0.5) is 0 Å². The molecule has 0 saturated heterocycles. The van der Waals surface area contributed by atoms with Crippen LogP contribution in [-0.2, 0) is 0 Å². The highest BCUT2D eigenvalue weighted by atomic mass is 15.0. The van der Waals surface area contributed by atoms with Crippen molar-refractivity contribution in [3.05, 3.63) is 272 Å². The first-order valence-electron chi connectivity index (χ1n) is 24.3. The zero-order chi connectivity index (χ0) is 48.1. The van der Waals surface area contributed by atoms with Gasteiger partial charge in [-0.25, -0.2) is 29.9 Å². The first-order chi connectivity index (χ1) is 35.7. The van der Waals surface area contributed by atoms with E-state index in [2.05, 4.69) is 140 Å². The maximum atomic E-state index is 4.98. The van der Waals surface area contributed by atoms with Gasteiger partial charge < -0.3 is 0 Å². The highest BCUT2D eigenvalue weighted by Crippen LogP contribution is 2.41. The summed E-state index contributed by atoms with van der Waals surface area (Å²) in [5, 5.41) is 0. The Morgan fingerprint density at radius 3 is 1.06 bits per heavy atom. The van der Waals surface area contributed by atoms with E-state index in [-0.39, 0.29) is 5.92 Å². The molecule has 9 aromatic carbocycles. The van der Waals surface area contributed by atoms with Crippen LogP contribution in [0.1, 0.15) is 23.7 Å². The Morgan fingerprint density at radius 1 is 0.264 bits per heavy atom. The molecule has 6 heteroatoms. The molecule has 0 amide bonds. The number of allylic oxidation sites excluding steroid dienone is 4. The van der Waals surface area contributed by atoms with Gasteiger partial charge in [0.2, 0.25) is 0 Å². The number of nitrogens with zero attached hydrogens (tertiary/aromatic N) is 6. The molecule has 340 valence electrons. The summed E-state index contributed by atoms with van der Waals surface area (Å²) in [7, 11) is 0. The average Bonchev–Trinajstić information content (AvgIpc) is 3.48. The smallest absolute Gasteiger partial charge is 0.164 e. The maximum absolute atomic E-state index is 4.98. The molecule has 0 bridgehead atoms. The van der Waals surface area contributed by atoms with Crippen molar-refractivity contribution in [1.82, 2.24) is 29.9 Å². The van der Waals surface area contributed by atoms with E-state index in [1.54, 1.807) is 0 Å². The van der Waals surface area contributed by atoms with E-state index in [0.717, 1.165) is 56.5 Å². The van der Waals surface area contributed by atoms with Crippen molar-refractivity contribution in [3.63, 3.8) is 0 Å². The fourth-order valence-electron chi connectivity index (χ4n) is 9.46. The highest BCUT2D eigenvalue weighted by Gasteiger charge is 2.19. The van der Waals surface area contributed by atoms with Crippen LogP contribution in [0, 0.1) is 0 Å². The van der Waals surface area contributed by atoms with Crippen molar-refractivity contribution >= 4 is 5.57 Å². The summed E-state index contributed by atoms with van der Waals surface area (Å²) in [6.07, 6.45) is 7.56. The van der Waals surface area contributed by atoms with Crippen molar-refractivity contribution in [2.24, 2.45) is 0 Å². The third-order valence-electron chi connectivity index (χ3n) is 13.2. The Kier molecular flexibility index (Phi) is 12.0. The number of hydrogen-bond acceptors (Lipinski definition) is 6. The lowest BCUT2D eigenvalue weighted by molar-refractivity contribution is 0.854. The SMILES string of the molecule is C1=CC(c2cccc(-c3ccccc3-c3ccccc3-c3cccc(-c4ccc(-c5nc(-c6ccccc6)nc(-c6ccccc6)n5)cc4)c3)c2)CC=C1c1nc(-c2ccccc2)nc(-c2ccccc2)n1. The molecule has 1 unspecified atom stereocenters. The quantitative estimate of drug-likeness (QED) is 0.129. The molecule has 0 radical (unpaired) electrons. The van der Waals surface area contributed by atoms with Crippen molar-refractivity contribution in [2.75, 3.05) is 0 Å². The largest absolute Gasteiger partial charge is 0.208 e. The Balaban J connectivity index is 0.815. The van der Waals surface area contributed by atoms with E-state index in [1.807, 2.05) is 121 Å². The molecule has 0 spiro atoms. The van der Waals surface area contributed by atoms with Gasteiger partial charge in [0.25, 0.3) is 0 Å². The second-order valence-electron chi connectivity index (χ2n) is 17.8. The maximum Gasteiger partial charge on any atom is 0.164 e. The van der Waals surface area contributed by atoms with E-state index in [4.69, 9.17) is 29.9 Å². The van der Waals surface area contributed by atoms with Gasteiger partial charge in [-0.2, -0.15) is 0 Å². The number of benzene rings is 9. The summed E-state index contributed by atoms with van der Waals surface area (Å²) >= 11 is 0. The average molecular weight is 923 g/mol. The van der Waals surface area contributed by atoms with E-state index in [1.165, 1.54) is 33.4 Å². The third-order valence-corrected chi connectivity index (χ3v) is 13.2. The van der Waals surface area contributed by atoms with Gasteiger partial charge in [0, 0.05) is 39.3 Å². The predicted octanol–water partition coefficient (Wildman–Crippen LogP) is 16.2. The van der Waals surface area contributed by atoms with Gasteiger partial charge in [-0.1, -0.05) is 255 Å². The molecule has 0 fully saturated rings. The fraction of sp³-hybridized carbons (Fsp3) is 0.0303. The molecule has 6 nitrogen and oxygen atoms in total. The van der Waals surface area contributed by atoms with Crippen LogP contribution in [0.5, 0.6) is 0 Å². The lowest BCUT2D eigenvalue weighted by atomic mass is 9.86. The molecule has 12 rings (SSSR count). The minimum Gasteiger partial charge on any atom is -0.208 e. The van der Waals surface area contributed by atoms with E-state index in [9.17, 15) is 0 Å². The summed E-state index contributed by atoms with van der Waals surface area (Å²) in [6.45, 7) is 0.